The van der Waals surface area contributed by atoms with Crippen LogP contribution in [0.4, 0.5) is 0 Å². The van der Waals surface area contributed by atoms with E-state index in [-0.39, 0.29) is 18.3 Å². The van der Waals surface area contributed by atoms with E-state index in [0.717, 1.165) is 28.1 Å². The summed E-state index contributed by atoms with van der Waals surface area (Å²) in [5.74, 6) is 2.00. The van der Waals surface area contributed by atoms with Crippen molar-refractivity contribution in [2.75, 3.05) is 13.5 Å². The Bertz CT molecular complexity index is 1340. The molecule has 0 bridgehead atoms. The Labute approximate surface area is 201 Å². The van der Waals surface area contributed by atoms with Crippen molar-refractivity contribution < 1.29 is 23.7 Å². The summed E-state index contributed by atoms with van der Waals surface area (Å²) in [6, 6.07) is 11.3. The number of benzene rings is 2. The second-order valence-corrected chi connectivity index (χ2v) is 8.93. The van der Waals surface area contributed by atoms with Gasteiger partial charge in [0, 0.05) is 35.4 Å². The van der Waals surface area contributed by atoms with Gasteiger partial charge in [-0.2, -0.15) is 0 Å². The van der Waals surface area contributed by atoms with Gasteiger partial charge in [-0.1, -0.05) is 17.7 Å². The van der Waals surface area contributed by atoms with Crippen LogP contribution in [0.15, 0.2) is 48.4 Å². The third kappa shape index (κ3) is 3.72. The number of halogens is 1. The van der Waals surface area contributed by atoms with Crippen molar-refractivity contribution in [3.05, 3.63) is 86.9 Å². The average molecular weight is 477 g/mol. The molecule has 3 aliphatic rings. The van der Waals surface area contributed by atoms with Gasteiger partial charge in [0.1, 0.15) is 24.0 Å². The fourth-order valence-corrected chi connectivity index (χ4v) is 4.80. The lowest BCUT2D eigenvalue weighted by Crippen LogP contribution is -2.32. The number of carbonyl (C=O) groups excluding carboxylic acids is 1. The molecule has 4 heterocycles. The van der Waals surface area contributed by atoms with E-state index in [1.807, 2.05) is 31.2 Å². The van der Waals surface area contributed by atoms with Crippen LogP contribution in [0.25, 0.3) is 6.08 Å². The number of hydrogen-bond acceptors (Lipinski definition) is 7. The maximum absolute atomic E-state index is 13.4. The zero-order valence-electron chi connectivity index (χ0n) is 18.5. The monoisotopic (exact) mass is 476 g/mol. The molecule has 172 valence electrons. The molecule has 1 aromatic heterocycles. The standard InChI is InChI=1S/C26H21ClN2O5/c1-15-6-21-20(11-29(13-32-21)10-19-4-2-3-5-28-19)26-23(15)24(30)22(34-26)9-16-7-18(27)8-17-12-31-14-33-25(16)17/h2-9H,10-14H2,1H3/b22-9-. The van der Waals surface area contributed by atoms with Gasteiger partial charge in [-0.25, -0.2) is 0 Å². The van der Waals surface area contributed by atoms with E-state index in [4.69, 9.17) is 30.5 Å². The topological polar surface area (TPSA) is 70.1 Å². The van der Waals surface area contributed by atoms with E-state index < -0.39 is 0 Å². The van der Waals surface area contributed by atoms with Crippen LogP contribution in [0.1, 0.15) is 38.3 Å². The minimum atomic E-state index is -0.169. The Kier molecular flexibility index (Phi) is 5.25. The Morgan fingerprint density at radius 1 is 1.18 bits per heavy atom. The third-order valence-corrected chi connectivity index (χ3v) is 6.31. The van der Waals surface area contributed by atoms with Crippen molar-refractivity contribution in [2.24, 2.45) is 0 Å². The van der Waals surface area contributed by atoms with Crippen LogP contribution in [0.2, 0.25) is 5.02 Å². The van der Waals surface area contributed by atoms with E-state index in [1.165, 1.54) is 0 Å². The van der Waals surface area contributed by atoms with Gasteiger partial charge < -0.3 is 18.9 Å². The minimum absolute atomic E-state index is 0.149. The molecule has 0 aliphatic carbocycles. The van der Waals surface area contributed by atoms with Crippen molar-refractivity contribution in [3.63, 3.8) is 0 Å². The second-order valence-electron chi connectivity index (χ2n) is 8.49. The normalized spacial score (nSPS) is 17.9. The molecule has 2 aromatic carbocycles. The smallest absolute Gasteiger partial charge is 0.232 e. The summed E-state index contributed by atoms with van der Waals surface area (Å²) < 4.78 is 23.3. The number of aromatic nitrogens is 1. The van der Waals surface area contributed by atoms with Crippen LogP contribution >= 0.6 is 11.6 Å². The molecule has 0 radical (unpaired) electrons. The molecule has 3 aromatic rings. The van der Waals surface area contributed by atoms with Gasteiger partial charge in [0.15, 0.2) is 12.6 Å². The highest BCUT2D eigenvalue weighted by Crippen LogP contribution is 2.45. The summed E-state index contributed by atoms with van der Waals surface area (Å²) in [6.07, 6.45) is 3.47. The molecule has 0 saturated heterocycles. The van der Waals surface area contributed by atoms with Gasteiger partial charge in [0.25, 0.3) is 0 Å². The summed E-state index contributed by atoms with van der Waals surface area (Å²) in [7, 11) is 0. The van der Waals surface area contributed by atoms with Crippen LogP contribution < -0.4 is 14.2 Å². The molecule has 0 amide bonds. The van der Waals surface area contributed by atoms with Crippen LogP contribution in [0.3, 0.4) is 0 Å². The molecule has 8 heteroatoms. The number of aryl methyl sites for hydroxylation is 1. The molecule has 6 rings (SSSR count). The van der Waals surface area contributed by atoms with E-state index in [9.17, 15) is 4.79 Å². The number of allylic oxidation sites excluding steroid dienone is 1. The molecular formula is C26H21ClN2O5. The van der Waals surface area contributed by atoms with E-state index in [2.05, 4.69) is 9.88 Å². The number of rotatable bonds is 3. The predicted molar refractivity (Wildman–Crippen MR) is 125 cm³/mol. The average Bonchev–Trinajstić information content (AvgIpc) is 3.17. The van der Waals surface area contributed by atoms with Gasteiger partial charge >= 0.3 is 0 Å². The first kappa shape index (κ1) is 21.2. The molecule has 0 spiro atoms. The minimum Gasteiger partial charge on any atom is -0.478 e. The van der Waals surface area contributed by atoms with Crippen molar-refractivity contribution in [1.82, 2.24) is 9.88 Å². The molecule has 0 fully saturated rings. The van der Waals surface area contributed by atoms with Crippen LogP contribution in [0.5, 0.6) is 17.2 Å². The SMILES string of the molecule is Cc1cc2c(c3c1C(=O)/C(=C/c1cc(Cl)cc4c1OCOC4)O3)CN(Cc1ccccn1)CO2. The number of carbonyl (C=O) groups is 1. The number of ether oxygens (including phenoxy) is 4. The first-order valence-electron chi connectivity index (χ1n) is 11.0. The predicted octanol–water partition coefficient (Wildman–Crippen LogP) is 4.88. The quantitative estimate of drug-likeness (QED) is 0.499. The lowest BCUT2D eigenvalue weighted by Gasteiger charge is -2.29. The molecule has 0 N–H and O–H groups in total. The van der Waals surface area contributed by atoms with Crippen LogP contribution in [0, 0.1) is 6.92 Å². The number of Topliss-reactive ketones (excluding diaryl/α,β-unsaturated/α-hetero) is 1. The number of ketones is 1. The Balaban J connectivity index is 1.35. The summed E-state index contributed by atoms with van der Waals surface area (Å²) in [5.41, 5.74) is 4.71. The highest BCUT2D eigenvalue weighted by Gasteiger charge is 2.36. The third-order valence-electron chi connectivity index (χ3n) is 6.09. The van der Waals surface area contributed by atoms with E-state index in [1.54, 1.807) is 24.4 Å². The number of hydrogen-bond donors (Lipinski definition) is 0. The Hall–Kier alpha value is -3.39. The van der Waals surface area contributed by atoms with Gasteiger partial charge in [0.2, 0.25) is 5.78 Å². The van der Waals surface area contributed by atoms with Crippen LogP contribution in [-0.2, 0) is 24.4 Å². The Morgan fingerprint density at radius 3 is 2.94 bits per heavy atom. The summed E-state index contributed by atoms with van der Waals surface area (Å²) >= 11 is 6.30. The largest absolute Gasteiger partial charge is 0.478 e. The van der Waals surface area contributed by atoms with Crippen LogP contribution in [-0.4, -0.2) is 29.2 Å². The zero-order valence-corrected chi connectivity index (χ0v) is 19.2. The molecule has 3 aliphatic heterocycles. The molecule has 0 saturated carbocycles. The molecule has 34 heavy (non-hydrogen) atoms. The number of fused-ring (bicyclic) bond motifs is 4. The summed E-state index contributed by atoms with van der Waals surface area (Å²) in [5, 5.41) is 0.537. The summed E-state index contributed by atoms with van der Waals surface area (Å²) in [4.78, 5) is 19.9. The first-order valence-corrected chi connectivity index (χ1v) is 11.3. The zero-order chi connectivity index (χ0) is 23.2. The van der Waals surface area contributed by atoms with Gasteiger partial charge in [-0.15, -0.1) is 0 Å². The maximum Gasteiger partial charge on any atom is 0.232 e. The maximum atomic E-state index is 13.4. The van der Waals surface area contributed by atoms with Gasteiger partial charge in [-0.05, 0) is 48.9 Å². The fourth-order valence-electron chi connectivity index (χ4n) is 4.56. The van der Waals surface area contributed by atoms with Crippen molar-refractivity contribution >= 4 is 23.5 Å². The number of nitrogens with zero attached hydrogens (tertiary/aromatic N) is 2. The lowest BCUT2D eigenvalue weighted by molar-refractivity contribution is -0.0165. The van der Waals surface area contributed by atoms with E-state index in [0.29, 0.717) is 54.1 Å². The molecule has 0 unspecified atom stereocenters. The van der Waals surface area contributed by atoms with Crippen molar-refractivity contribution in [3.8, 4) is 17.2 Å². The Morgan fingerprint density at radius 2 is 2.09 bits per heavy atom. The summed E-state index contributed by atoms with van der Waals surface area (Å²) in [6.45, 7) is 4.10. The van der Waals surface area contributed by atoms with Gasteiger partial charge in [0.05, 0.1) is 23.4 Å². The highest BCUT2D eigenvalue weighted by atomic mass is 35.5. The molecule has 0 atom stereocenters. The first-order chi connectivity index (χ1) is 16.6. The van der Waals surface area contributed by atoms with Crippen molar-refractivity contribution in [1.29, 1.82) is 0 Å². The van der Waals surface area contributed by atoms with Crippen molar-refractivity contribution in [2.45, 2.75) is 26.6 Å². The second kappa shape index (κ2) is 8.43. The number of pyridine rings is 1. The van der Waals surface area contributed by atoms with Gasteiger partial charge in [-0.3, -0.25) is 14.7 Å². The molecule has 7 nitrogen and oxygen atoms in total. The highest BCUT2D eigenvalue weighted by molar-refractivity contribution is 6.31. The lowest BCUT2D eigenvalue weighted by atomic mass is 9.98. The molecular weight excluding hydrogens is 456 g/mol. The fraction of sp³-hybridized carbons (Fsp3) is 0.231. The van der Waals surface area contributed by atoms with E-state index >= 15 is 0 Å².